The monoisotopic (exact) mass is 367 g/mol. The highest BCUT2D eigenvalue weighted by Gasteiger charge is 2.29. The van der Waals surface area contributed by atoms with Crippen molar-refractivity contribution in [2.75, 3.05) is 0 Å². The Hall–Kier alpha value is -3.09. The summed E-state index contributed by atoms with van der Waals surface area (Å²) in [6.45, 7) is 0. The Morgan fingerprint density at radius 2 is 2.00 bits per heavy atom. The average molecular weight is 367 g/mol. The van der Waals surface area contributed by atoms with E-state index in [1.165, 1.54) is 0 Å². The fourth-order valence-electron chi connectivity index (χ4n) is 3.57. The van der Waals surface area contributed by atoms with Gasteiger partial charge in [0.1, 0.15) is 5.69 Å². The molecule has 4 rings (SSSR count). The summed E-state index contributed by atoms with van der Waals surface area (Å²) in [4.78, 5) is 29.6. The lowest BCUT2D eigenvalue weighted by Crippen LogP contribution is -2.38. The number of carbonyl (C=O) groups excluding carboxylic acids is 2. The predicted molar refractivity (Wildman–Crippen MR) is 98.0 cm³/mol. The highest BCUT2D eigenvalue weighted by molar-refractivity contribution is 5.95. The van der Waals surface area contributed by atoms with Gasteiger partial charge in [0, 0.05) is 43.2 Å². The van der Waals surface area contributed by atoms with Crippen molar-refractivity contribution in [3.05, 3.63) is 54.2 Å². The molecule has 1 aliphatic carbocycles. The number of ether oxygens (including phenoxy) is 1. The zero-order valence-corrected chi connectivity index (χ0v) is 15.1. The van der Waals surface area contributed by atoms with Gasteiger partial charge in [0.25, 0.3) is 5.91 Å². The Morgan fingerprint density at radius 3 is 2.70 bits per heavy atom. The maximum Gasteiger partial charge on any atom is 0.356 e. The molecule has 7 heteroatoms. The lowest BCUT2D eigenvalue weighted by Gasteiger charge is -2.20. The van der Waals surface area contributed by atoms with Gasteiger partial charge in [0.2, 0.25) is 6.10 Å². The smallest absolute Gasteiger partial charge is 0.356 e. The zero-order chi connectivity index (χ0) is 18.8. The quantitative estimate of drug-likeness (QED) is 0.700. The minimum atomic E-state index is -1.03. The predicted octanol–water partition coefficient (Wildman–Crippen LogP) is 3.12. The molecule has 3 aromatic rings. The first-order chi connectivity index (χ1) is 13.1. The van der Waals surface area contributed by atoms with Gasteiger partial charge in [-0.2, -0.15) is 0 Å². The summed E-state index contributed by atoms with van der Waals surface area (Å²) in [6, 6.07) is 6.90. The van der Waals surface area contributed by atoms with Crippen LogP contribution in [0.1, 0.15) is 47.8 Å². The minimum absolute atomic E-state index is 0.137. The molecule has 0 bridgehead atoms. The van der Waals surface area contributed by atoms with E-state index in [0.29, 0.717) is 16.8 Å². The topological polar surface area (TPSA) is 86.4 Å². The van der Waals surface area contributed by atoms with Gasteiger partial charge in [-0.05, 0) is 25.0 Å². The third-order valence-electron chi connectivity index (χ3n) is 5.05. The molecule has 1 fully saturated rings. The molecule has 0 aliphatic heterocycles. The van der Waals surface area contributed by atoms with E-state index in [-0.39, 0.29) is 11.9 Å². The number of carbonyl (C=O) groups is 2. The zero-order valence-electron chi connectivity index (χ0n) is 15.1. The molecular weight excluding hydrogens is 346 g/mol. The van der Waals surface area contributed by atoms with Crippen LogP contribution in [0.2, 0.25) is 0 Å². The van der Waals surface area contributed by atoms with Crippen molar-refractivity contribution < 1.29 is 18.7 Å². The molecule has 0 aromatic carbocycles. The number of nitrogens with zero attached hydrogens (tertiary/aromatic N) is 2. The second-order valence-electron chi connectivity index (χ2n) is 6.81. The van der Waals surface area contributed by atoms with E-state index in [2.05, 4.69) is 10.3 Å². The minimum Gasteiger partial charge on any atom is -0.463 e. The number of rotatable bonds is 5. The second-order valence-corrected chi connectivity index (χ2v) is 6.81. The maximum atomic E-state index is 12.8. The van der Waals surface area contributed by atoms with Gasteiger partial charge >= 0.3 is 5.97 Å². The molecule has 27 heavy (non-hydrogen) atoms. The first kappa shape index (κ1) is 17.3. The second kappa shape index (κ2) is 7.26. The van der Waals surface area contributed by atoms with Gasteiger partial charge in [-0.1, -0.05) is 12.8 Å². The summed E-state index contributed by atoms with van der Waals surface area (Å²) < 4.78 is 12.7. The van der Waals surface area contributed by atoms with E-state index in [4.69, 9.17) is 9.15 Å². The van der Waals surface area contributed by atoms with Crippen LogP contribution in [0.25, 0.3) is 11.1 Å². The first-order valence-corrected chi connectivity index (χ1v) is 9.07. The molecule has 1 unspecified atom stereocenters. The fourth-order valence-corrected chi connectivity index (χ4v) is 3.57. The third kappa shape index (κ3) is 3.45. The number of amides is 1. The van der Waals surface area contributed by atoms with E-state index in [9.17, 15) is 9.59 Å². The molecule has 0 spiro atoms. The van der Waals surface area contributed by atoms with Crippen molar-refractivity contribution >= 4 is 23.0 Å². The number of fused-ring (bicyclic) bond motifs is 1. The van der Waals surface area contributed by atoms with Crippen LogP contribution in [0.3, 0.4) is 0 Å². The Kier molecular flexibility index (Phi) is 4.66. The number of aromatic nitrogens is 2. The summed E-state index contributed by atoms with van der Waals surface area (Å²) in [5.74, 6) is -0.883. The van der Waals surface area contributed by atoms with Crippen molar-refractivity contribution in [3.63, 3.8) is 0 Å². The molecule has 0 saturated heterocycles. The number of hydrogen-bond acceptors (Lipinski definition) is 5. The number of esters is 1. The highest BCUT2D eigenvalue weighted by atomic mass is 16.5. The lowest BCUT2D eigenvalue weighted by atomic mass is 10.1. The number of pyridine rings is 1. The maximum absolute atomic E-state index is 12.8. The van der Waals surface area contributed by atoms with Crippen LogP contribution in [0.15, 0.2) is 47.3 Å². The van der Waals surface area contributed by atoms with Crippen LogP contribution in [-0.4, -0.2) is 27.5 Å². The third-order valence-corrected chi connectivity index (χ3v) is 5.05. The molecule has 1 atom stereocenters. The van der Waals surface area contributed by atoms with E-state index in [0.717, 1.165) is 31.2 Å². The number of hydrogen-bond donors (Lipinski definition) is 1. The Bertz CT molecular complexity index is 954. The van der Waals surface area contributed by atoms with Crippen molar-refractivity contribution in [2.45, 2.75) is 37.8 Å². The first-order valence-electron chi connectivity index (χ1n) is 9.07. The summed E-state index contributed by atoms with van der Waals surface area (Å²) in [5, 5.41) is 3.01. The van der Waals surface area contributed by atoms with Gasteiger partial charge in [0.05, 0.1) is 11.8 Å². The Labute approximate surface area is 156 Å². The molecule has 1 saturated carbocycles. The van der Waals surface area contributed by atoms with Crippen LogP contribution >= 0.6 is 0 Å². The van der Waals surface area contributed by atoms with Crippen molar-refractivity contribution in [1.29, 1.82) is 0 Å². The van der Waals surface area contributed by atoms with E-state index >= 15 is 0 Å². The fraction of sp³-hybridized carbons (Fsp3) is 0.350. The van der Waals surface area contributed by atoms with Crippen LogP contribution in [0.5, 0.6) is 0 Å². The van der Waals surface area contributed by atoms with Gasteiger partial charge in [0.15, 0.2) is 5.58 Å². The van der Waals surface area contributed by atoms with Crippen molar-refractivity contribution in [3.8, 4) is 0 Å². The normalized spacial score (nSPS) is 15.7. The molecule has 7 nitrogen and oxygen atoms in total. The number of furan rings is 1. The molecule has 3 aromatic heterocycles. The van der Waals surface area contributed by atoms with Crippen molar-refractivity contribution in [1.82, 2.24) is 14.9 Å². The molecule has 140 valence electrons. The Morgan fingerprint density at radius 1 is 1.26 bits per heavy atom. The lowest BCUT2D eigenvalue weighted by molar-refractivity contribution is -0.131. The molecule has 1 aliphatic rings. The van der Waals surface area contributed by atoms with Crippen LogP contribution in [0, 0.1) is 0 Å². The molecule has 1 N–H and O–H groups in total. The van der Waals surface area contributed by atoms with Gasteiger partial charge in [-0.25, -0.2) is 4.79 Å². The van der Waals surface area contributed by atoms with Crippen LogP contribution in [-0.2, 0) is 16.6 Å². The summed E-state index contributed by atoms with van der Waals surface area (Å²) in [5.41, 5.74) is 2.31. The highest BCUT2D eigenvalue weighted by Crippen LogP contribution is 2.25. The summed E-state index contributed by atoms with van der Waals surface area (Å²) in [7, 11) is 1.76. The largest absolute Gasteiger partial charge is 0.463 e. The van der Waals surface area contributed by atoms with Gasteiger partial charge in [-0.15, -0.1) is 0 Å². The van der Waals surface area contributed by atoms with E-state index < -0.39 is 12.1 Å². The standard InChI is InChI=1S/C20H21N3O4/c1-23-15-8-11-26-17(15)12-16(23)20(25)27-18(13-6-9-21-10-7-13)19(24)22-14-4-2-3-5-14/h6-12,14,18H,2-5H2,1H3,(H,22,24). The van der Waals surface area contributed by atoms with Crippen LogP contribution in [0.4, 0.5) is 0 Å². The van der Waals surface area contributed by atoms with Gasteiger partial charge in [-0.3, -0.25) is 9.78 Å². The molecular formula is C20H21N3O4. The summed E-state index contributed by atoms with van der Waals surface area (Å²) >= 11 is 0. The van der Waals surface area contributed by atoms with E-state index in [1.54, 1.807) is 54.5 Å². The number of aryl methyl sites for hydroxylation is 1. The molecule has 0 radical (unpaired) electrons. The SMILES string of the molecule is Cn1c(C(=O)OC(C(=O)NC2CCCC2)c2ccncc2)cc2occc21. The average Bonchev–Trinajstić information content (AvgIpc) is 3.40. The Balaban J connectivity index is 1.58. The van der Waals surface area contributed by atoms with Crippen LogP contribution < -0.4 is 5.32 Å². The molecule has 1 amide bonds. The molecule has 3 heterocycles. The van der Waals surface area contributed by atoms with Gasteiger partial charge < -0.3 is 19.0 Å². The van der Waals surface area contributed by atoms with E-state index in [1.807, 2.05) is 0 Å². The van der Waals surface area contributed by atoms with Crippen molar-refractivity contribution in [2.24, 2.45) is 7.05 Å². The summed E-state index contributed by atoms with van der Waals surface area (Å²) in [6.07, 6.45) is 7.81. The number of nitrogens with one attached hydrogen (secondary N) is 1.